The summed E-state index contributed by atoms with van der Waals surface area (Å²) in [6.45, 7) is 9.14. The third-order valence-electron chi connectivity index (χ3n) is 5.25. The van der Waals surface area contributed by atoms with Crippen LogP contribution in [0.2, 0.25) is 0 Å². The zero-order valence-corrected chi connectivity index (χ0v) is 16.4. The van der Waals surface area contributed by atoms with Crippen molar-refractivity contribution in [3.05, 3.63) is 58.1 Å². The maximum Gasteiger partial charge on any atom is 0.293 e. The van der Waals surface area contributed by atoms with E-state index in [2.05, 4.69) is 24.1 Å². The van der Waals surface area contributed by atoms with Crippen LogP contribution in [0.15, 0.2) is 42.5 Å². The van der Waals surface area contributed by atoms with E-state index in [1.807, 2.05) is 43.3 Å². The molecule has 2 aromatic rings. The van der Waals surface area contributed by atoms with Gasteiger partial charge >= 0.3 is 0 Å². The highest BCUT2D eigenvalue weighted by molar-refractivity contribution is 5.76. The largest absolute Gasteiger partial charge is 0.363 e. The summed E-state index contributed by atoms with van der Waals surface area (Å²) in [5.41, 5.74) is 4.02. The number of nitrogens with zero attached hydrogens (tertiary/aromatic N) is 2. The molecular weight excluding hydrogens is 338 g/mol. The third kappa shape index (κ3) is 4.48. The summed E-state index contributed by atoms with van der Waals surface area (Å²) in [6.07, 6.45) is 2.03. The van der Waals surface area contributed by atoms with Crippen LogP contribution in [0.1, 0.15) is 32.3 Å². The summed E-state index contributed by atoms with van der Waals surface area (Å²) in [7, 11) is 0. The van der Waals surface area contributed by atoms with Gasteiger partial charge in [-0.25, -0.2) is 0 Å². The van der Waals surface area contributed by atoms with Crippen molar-refractivity contribution in [2.75, 3.05) is 24.5 Å². The van der Waals surface area contributed by atoms with Crippen molar-refractivity contribution in [2.45, 2.75) is 39.7 Å². The van der Waals surface area contributed by atoms with Crippen LogP contribution in [0.25, 0.3) is 11.1 Å². The normalized spacial score (nSPS) is 15.1. The number of hydrogen-bond donors (Lipinski definition) is 1. The van der Waals surface area contributed by atoms with Gasteiger partial charge in [-0.1, -0.05) is 44.2 Å². The molecule has 3 rings (SSSR count). The van der Waals surface area contributed by atoms with Crippen molar-refractivity contribution in [1.29, 1.82) is 0 Å². The van der Waals surface area contributed by atoms with Crippen LogP contribution < -0.4 is 10.2 Å². The smallest absolute Gasteiger partial charge is 0.293 e. The number of rotatable bonds is 6. The molecule has 0 atom stereocenters. The lowest BCUT2D eigenvalue weighted by Crippen LogP contribution is -2.45. The van der Waals surface area contributed by atoms with Crippen molar-refractivity contribution in [2.24, 2.45) is 5.92 Å². The first-order chi connectivity index (χ1) is 13.0. The molecule has 0 aromatic heterocycles. The van der Waals surface area contributed by atoms with Gasteiger partial charge in [0.25, 0.3) is 5.69 Å². The molecule has 0 saturated carbocycles. The molecule has 5 nitrogen and oxygen atoms in total. The Kier molecular flexibility index (Phi) is 6.11. The van der Waals surface area contributed by atoms with Crippen LogP contribution in [0.3, 0.4) is 0 Å². The zero-order valence-electron chi connectivity index (χ0n) is 16.4. The van der Waals surface area contributed by atoms with Crippen LogP contribution in [0.4, 0.5) is 11.4 Å². The van der Waals surface area contributed by atoms with Gasteiger partial charge in [0.2, 0.25) is 0 Å². The topological polar surface area (TPSA) is 58.4 Å². The van der Waals surface area contributed by atoms with E-state index in [0.717, 1.165) is 54.9 Å². The molecule has 144 valence electrons. The fourth-order valence-corrected chi connectivity index (χ4v) is 3.93. The van der Waals surface area contributed by atoms with Gasteiger partial charge in [-0.2, -0.15) is 0 Å². The maximum atomic E-state index is 11.9. The molecule has 0 spiro atoms. The SMILES string of the molecule is Cc1ccccc1-c1ccc(N(CC(C)C)C2CCNCC2)c([N+](=O)[O-])c1. The molecule has 1 saturated heterocycles. The van der Waals surface area contributed by atoms with Gasteiger partial charge in [0.15, 0.2) is 0 Å². The third-order valence-corrected chi connectivity index (χ3v) is 5.25. The summed E-state index contributed by atoms with van der Waals surface area (Å²) < 4.78 is 0. The second-order valence-electron chi connectivity index (χ2n) is 7.80. The number of nitro groups is 1. The summed E-state index contributed by atoms with van der Waals surface area (Å²) in [5, 5.41) is 15.3. The van der Waals surface area contributed by atoms with Crippen molar-refractivity contribution >= 4 is 11.4 Å². The first kappa shape index (κ1) is 19.4. The van der Waals surface area contributed by atoms with E-state index >= 15 is 0 Å². The maximum absolute atomic E-state index is 11.9. The van der Waals surface area contributed by atoms with Crippen molar-refractivity contribution in [3.63, 3.8) is 0 Å². The predicted molar refractivity (Wildman–Crippen MR) is 111 cm³/mol. The van der Waals surface area contributed by atoms with Gasteiger partial charge in [0, 0.05) is 18.7 Å². The molecule has 0 amide bonds. The first-order valence-corrected chi connectivity index (χ1v) is 9.79. The quantitative estimate of drug-likeness (QED) is 0.589. The highest BCUT2D eigenvalue weighted by Gasteiger charge is 2.28. The van der Waals surface area contributed by atoms with Crippen molar-refractivity contribution in [3.8, 4) is 11.1 Å². The lowest BCUT2D eigenvalue weighted by Gasteiger charge is -2.37. The van der Waals surface area contributed by atoms with E-state index in [9.17, 15) is 10.1 Å². The number of aryl methyl sites for hydroxylation is 1. The molecule has 5 heteroatoms. The molecule has 1 N–H and O–H groups in total. The second-order valence-corrected chi connectivity index (χ2v) is 7.80. The Morgan fingerprint density at radius 1 is 1.19 bits per heavy atom. The van der Waals surface area contributed by atoms with Gasteiger partial charge < -0.3 is 10.2 Å². The summed E-state index contributed by atoms with van der Waals surface area (Å²) >= 11 is 0. The second kappa shape index (κ2) is 8.53. The monoisotopic (exact) mass is 367 g/mol. The number of benzene rings is 2. The number of hydrogen-bond acceptors (Lipinski definition) is 4. The Balaban J connectivity index is 2.04. The van der Waals surface area contributed by atoms with E-state index in [-0.39, 0.29) is 10.6 Å². The highest BCUT2D eigenvalue weighted by atomic mass is 16.6. The fraction of sp³-hybridized carbons (Fsp3) is 0.455. The van der Waals surface area contributed by atoms with Gasteiger partial charge in [-0.15, -0.1) is 0 Å². The molecule has 1 aliphatic rings. The highest BCUT2D eigenvalue weighted by Crippen LogP contribution is 2.36. The van der Waals surface area contributed by atoms with Crippen LogP contribution >= 0.6 is 0 Å². The van der Waals surface area contributed by atoms with E-state index in [0.29, 0.717) is 12.0 Å². The molecule has 0 unspecified atom stereocenters. The fourth-order valence-electron chi connectivity index (χ4n) is 3.93. The lowest BCUT2D eigenvalue weighted by atomic mass is 9.97. The molecular formula is C22H29N3O2. The number of piperidine rings is 1. The summed E-state index contributed by atoms with van der Waals surface area (Å²) in [5.74, 6) is 0.440. The average Bonchev–Trinajstić information content (AvgIpc) is 2.66. The van der Waals surface area contributed by atoms with E-state index in [4.69, 9.17) is 0 Å². The van der Waals surface area contributed by atoms with Crippen molar-refractivity contribution < 1.29 is 4.92 Å². The zero-order chi connectivity index (χ0) is 19.4. The lowest BCUT2D eigenvalue weighted by molar-refractivity contribution is -0.384. The Bertz CT molecular complexity index is 798. The van der Waals surface area contributed by atoms with Crippen LogP contribution in [0.5, 0.6) is 0 Å². The van der Waals surface area contributed by atoms with Crippen LogP contribution in [-0.2, 0) is 0 Å². The Morgan fingerprint density at radius 3 is 2.52 bits per heavy atom. The Labute approximate surface area is 161 Å². The summed E-state index contributed by atoms with van der Waals surface area (Å²) in [6, 6.07) is 14.1. The minimum atomic E-state index is -0.231. The number of nitrogens with one attached hydrogen (secondary N) is 1. The van der Waals surface area contributed by atoms with E-state index in [1.165, 1.54) is 0 Å². The summed E-state index contributed by atoms with van der Waals surface area (Å²) in [4.78, 5) is 14.0. The molecule has 1 heterocycles. The average molecular weight is 367 g/mol. The molecule has 27 heavy (non-hydrogen) atoms. The molecule has 1 fully saturated rings. The minimum Gasteiger partial charge on any atom is -0.363 e. The molecule has 1 aliphatic heterocycles. The number of nitro benzene ring substituents is 1. The number of anilines is 1. The van der Waals surface area contributed by atoms with Crippen LogP contribution in [0, 0.1) is 23.0 Å². The Morgan fingerprint density at radius 2 is 1.89 bits per heavy atom. The standard InChI is InChI=1S/C22H29N3O2/c1-16(2)15-24(19-10-12-23-13-11-19)21-9-8-18(14-22(21)25(26)27)20-7-5-4-6-17(20)3/h4-9,14,16,19,23H,10-13,15H2,1-3H3. The van der Waals surface area contributed by atoms with E-state index < -0.39 is 0 Å². The van der Waals surface area contributed by atoms with Crippen LogP contribution in [-0.4, -0.2) is 30.6 Å². The Hall–Kier alpha value is -2.40. The molecule has 0 aliphatic carbocycles. The van der Waals surface area contributed by atoms with Crippen molar-refractivity contribution in [1.82, 2.24) is 5.32 Å². The molecule has 2 aromatic carbocycles. The van der Waals surface area contributed by atoms with Gasteiger partial charge in [-0.05, 0) is 61.5 Å². The molecule has 0 radical (unpaired) electrons. The first-order valence-electron chi connectivity index (χ1n) is 9.79. The van der Waals surface area contributed by atoms with E-state index in [1.54, 1.807) is 6.07 Å². The van der Waals surface area contributed by atoms with Gasteiger partial charge in [-0.3, -0.25) is 10.1 Å². The van der Waals surface area contributed by atoms with Gasteiger partial charge in [0.1, 0.15) is 5.69 Å². The minimum absolute atomic E-state index is 0.204. The predicted octanol–water partition coefficient (Wildman–Crippen LogP) is 4.78. The van der Waals surface area contributed by atoms with Gasteiger partial charge in [0.05, 0.1) is 4.92 Å². The molecule has 0 bridgehead atoms.